The van der Waals surface area contributed by atoms with Crippen molar-refractivity contribution in [2.75, 3.05) is 17.2 Å². The molecule has 198 valence electrons. The lowest BCUT2D eigenvalue weighted by atomic mass is 9.99. The zero-order valence-electron chi connectivity index (χ0n) is 20.8. The number of benzene rings is 3. The maximum absolute atomic E-state index is 13.2. The summed E-state index contributed by atoms with van der Waals surface area (Å²) in [6.07, 6.45) is 6.25. The van der Waals surface area contributed by atoms with Crippen molar-refractivity contribution >= 4 is 33.5 Å². The van der Waals surface area contributed by atoms with Crippen LogP contribution in [-0.2, 0) is 42.1 Å². The molecule has 0 bridgehead atoms. The summed E-state index contributed by atoms with van der Waals surface area (Å²) in [6.45, 7) is 0.291. The largest absolute Gasteiger partial charge is 0.338 e. The fourth-order valence-electron chi connectivity index (χ4n) is 5.18. The summed E-state index contributed by atoms with van der Waals surface area (Å²) >= 11 is 0. The van der Waals surface area contributed by atoms with Crippen molar-refractivity contribution in [2.24, 2.45) is 0 Å². The molecule has 0 saturated heterocycles. The van der Waals surface area contributed by atoms with Crippen molar-refractivity contribution in [1.82, 2.24) is 10.0 Å². The number of hydrogen-bond acceptors (Lipinski definition) is 4. The van der Waals surface area contributed by atoms with Crippen molar-refractivity contribution < 1.29 is 22.4 Å². The van der Waals surface area contributed by atoms with Gasteiger partial charge >= 0.3 is 12.1 Å². The Morgan fingerprint density at radius 1 is 0.816 bits per heavy atom. The smallest absolute Gasteiger partial charge is 0.333 e. The van der Waals surface area contributed by atoms with Crippen molar-refractivity contribution in [3.05, 3.63) is 88.2 Å². The lowest BCUT2D eigenvalue weighted by Gasteiger charge is -2.16. The molecule has 38 heavy (non-hydrogen) atoms. The Balaban J connectivity index is 1.16. The monoisotopic (exact) mass is 536 g/mol. The first-order valence-corrected chi connectivity index (χ1v) is 14.2. The van der Waals surface area contributed by atoms with Crippen molar-refractivity contribution in [3.8, 4) is 0 Å². The minimum absolute atomic E-state index is 0.0308. The van der Waals surface area contributed by atoms with Gasteiger partial charge in [-0.2, -0.15) is 0 Å². The lowest BCUT2D eigenvalue weighted by Crippen LogP contribution is -2.35. The van der Waals surface area contributed by atoms with E-state index in [1.807, 2.05) is 0 Å². The molecule has 3 aromatic rings. The molecule has 2 aliphatic rings. The molecule has 0 fully saturated rings. The molecule has 10 heteroatoms. The number of rotatable bonds is 7. The van der Waals surface area contributed by atoms with Gasteiger partial charge in [0.25, 0.3) is 10.0 Å². The molecule has 3 aromatic carbocycles. The Kier molecular flexibility index (Phi) is 7.33. The maximum atomic E-state index is 13.2. The first kappa shape index (κ1) is 25.7. The molecule has 5 rings (SSSR count). The first-order valence-electron chi connectivity index (χ1n) is 12.7. The Labute approximate surface area is 221 Å². The van der Waals surface area contributed by atoms with Crippen LogP contribution in [0.25, 0.3) is 0 Å². The van der Waals surface area contributed by atoms with E-state index in [-0.39, 0.29) is 4.90 Å². The number of carbonyl (C=O) groups excluding carboxylic acids is 2. The average Bonchev–Trinajstić information content (AvgIpc) is 3.53. The van der Waals surface area contributed by atoms with E-state index in [4.69, 9.17) is 0 Å². The molecule has 4 amide bonds. The molecule has 2 aliphatic carbocycles. The van der Waals surface area contributed by atoms with E-state index in [0.717, 1.165) is 60.9 Å². The van der Waals surface area contributed by atoms with E-state index in [2.05, 4.69) is 26.7 Å². The fourth-order valence-corrected chi connectivity index (χ4v) is 6.09. The van der Waals surface area contributed by atoms with Gasteiger partial charge in [0.1, 0.15) is 5.82 Å². The van der Waals surface area contributed by atoms with Crippen LogP contribution in [0.2, 0.25) is 0 Å². The van der Waals surface area contributed by atoms with Gasteiger partial charge in [-0.1, -0.05) is 24.3 Å². The lowest BCUT2D eigenvalue weighted by molar-refractivity contribution is 0.252. The molecule has 0 atom stereocenters. The van der Waals surface area contributed by atoms with Gasteiger partial charge in [0, 0.05) is 17.9 Å². The second kappa shape index (κ2) is 10.8. The summed E-state index contributed by atoms with van der Waals surface area (Å²) in [6, 6.07) is 12.7. The van der Waals surface area contributed by atoms with E-state index in [1.165, 1.54) is 41.5 Å². The summed E-state index contributed by atoms with van der Waals surface area (Å²) in [5.74, 6) is -0.447. The Bertz CT molecular complexity index is 1460. The minimum Gasteiger partial charge on any atom is -0.338 e. The Morgan fingerprint density at radius 2 is 1.50 bits per heavy atom. The topological polar surface area (TPSA) is 116 Å². The van der Waals surface area contributed by atoms with Crippen LogP contribution in [0.3, 0.4) is 0 Å². The normalized spacial score (nSPS) is 13.9. The van der Waals surface area contributed by atoms with Crippen LogP contribution in [0, 0.1) is 5.82 Å². The van der Waals surface area contributed by atoms with Gasteiger partial charge in [0.15, 0.2) is 0 Å². The number of sulfonamides is 1. The molecule has 0 heterocycles. The van der Waals surface area contributed by atoms with Gasteiger partial charge in [0.05, 0.1) is 4.90 Å². The number of halogens is 1. The molecule has 0 saturated carbocycles. The number of nitrogens with one attached hydrogen (secondary N) is 4. The summed E-state index contributed by atoms with van der Waals surface area (Å²) in [5, 5.41) is 8.06. The van der Waals surface area contributed by atoms with Gasteiger partial charge in [-0.3, -0.25) is 0 Å². The average molecular weight is 537 g/mol. The predicted octanol–water partition coefficient (Wildman–Crippen LogP) is 4.68. The standard InChI is InChI=1S/C28H29FN4O4S/c29-21-6-3-7-22(17-21)31-27(34)30-15-14-18-10-12-23(13-11-18)38(36,37)33-28(35)32-26-24-8-1-4-19(24)16-20-5-2-9-25(20)26/h3,6-7,10-13,16-17H,1-2,4-5,8-9,14-15H2,(H2,30,31,34)(H2,32,33,35). The van der Waals surface area contributed by atoms with Gasteiger partial charge in [-0.25, -0.2) is 27.1 Å². The van der Waals surface area contributed by atoms with Gasteiger partial charge in [-0.05, 0) is 103 Å². The predicted molar refractivity (Wildman–Crippen MR) is 143 cm³/mol. The molecule has 0 aliphatic heterocycles. The molecule has 0 radical (unpaired) electrons. The van der Waals surface area contributed by atoms with E-state index in [1.54, 1.807) is 18.2 Å². The number of fused-ring (bicyclic) bond motifs is 2. The van der Waals surface area contributed by atoms with E-state index in [0.29, 0.717) is 18.7 Å². The van der Waals surface area contributed by atoms with Crippen molar-refractivity contribution in [2.45, 2.75) is 49.8 Å². The minimum atomic E-state index is -4.07. The third-order valence-corrected chi connectivity index (χ3v) is 8.30. The van der Waals surface area contributed by atoms with E-state index >= 15 is 0 Å². The van der Waals surface area contributed by atoms with Crippen LogP contribution in [0.15, 0.2) is 59.5 Å². The maximum Gasteiger partial charge on any atom is 0.333 e. The molecule has 0 unspecified atom stereocenters. The van der Waals surface area contributed by atoms with Crippen molar-refractivity contribution in [1.29, 1.82) is 0 Å². The van der Waals surface area contributed by atoms with Crippen molar-refractivity contribution in [3.63, 3.8) is 0 Å². The number of carbonyl (C=O) groups is 2. The quantitative estimate of drug-likeness (QED) is 0.351. The summed E-state index contributed by atoms with van der Waals surface area (Å²) in [7, 11) is -4.07. The number of amides is 4. The van der Waals surface area contributed by atoms with Crippen LogP contribution in [0.5, 0.6) is 0 Å². The molecular formula is C28H29FN4O4S. The molecule has 8 nitrogen and oxygen atoms in total. The zero-order valence-corrected chi connectivity index (χ0v) is 21.6. The molecule has 0 spiro atoms. The van der Waals surface area contributed by atoms with Crippen LogP contribution in [0.4, 0.5) is 25.4 Å². The first-order chi connectivity index (χ1) is 18.3. The van der Waals surface area contributed by atoms with Crippen LogP contribution < -0.4 is 20.7 Å². The number of urea groups is 2. The number of anilines is 2. The third kappa shape index (κ3) is 5.80. The highest BCUT2D eigenvalue weighted by Gasteiger charge is 2.26. The van der Waals surface area contributed by atoms with Crippen LogP contribution in [0.1, 0.15) is 40.7 Å². The second-order valence-corrected chi connectivity index (χ2v) is 11.3. The zero-order chi connectivity index (χ0) is 26.7. The Morgan fingerprint density at radius 3 is 2.16 bits per heavy atom. The highest BCUT2D eigenvalue weighted by molar-refractivity contribution is 7.90. The van der Waals surface area contributed by atoms with E-state index < -0.39 is 27.9 Å². The van der Waals surface area contributed by atoms with Gasteiger partial charge in [-0.15, -0.1) is 0 Å². The number of hydrogen-bond donors (Lipinski definition) is 4. The highest BCUT2D eigenvalue weighted by Crippen LogP contribution is 2.38. The van der Waals surface area contributed by atoms with Gasteiger partial charge < -0.3 is 16.0 Å². The third-order valence-electron chi connectivity index (χ3n) is 6.95. The second-order valence-electron chi connectivity index (χ2n) is 9.58. The highest BCUT2D eigenvalue weighted by atomic mass is 32.2. The van der Waals surface area contributed by atoms with Crippen LogP contribution in [-0.4, -0.2) is 27.0 Å². The molecule has 4 N–H and O–H groups in total. The summed E-state index contributed by atoms with van der Waals surface area (Å²) in [4.78, 5) is 24.7. The van der Waals surface area contributed by atoms with Gasteiger partial charge in [0.2, 0.25) is 0 Å². The summed E-state index contributed by atoms with van der Waals surface area (Å²) < 4.78 is 41.1. The molecule has 0 aromatic heterocycles. The van der Waals surface area contributed by atoms with Crippen LogP contribution >= 0.6 is 0 Å². The Hall–Kier alpha value is -3.92. The SMILES string of the molecule is O=C(NCCc1ccc(S(=O)(=O)NC(=O)Nc2c3c(cc4c2CCC4)CCC3)cc1)Nc1cccc(F)c1. The summed E-state index contributed by atoms with van der Waals surface area (Å²) in [5.41, 5.74) is 6.68. The molecular weight excluding hydrogens is 507 g/mol. The number of aryl methyl sites for hydroxylation is 2. The fraction of sp³-hybridized carbons (Fsp3) is 0.286. The van der Waals surface area contributed by atoms with E-state index in [9.17, 15) is 22.4 Å².